The molecule has 1 atom stereocenters. The quantitative estimate of drug-likeness (QED) is 0.872. The number of aliphatic carboxylic acids is 1. The summed E-state index contributed by atoms with van der Waals surface area (Å²) in [7, 11) is 0. The normalized spacial score (nSPS) is 30.4. The van der Waals surface area contributed by atoms with E-state index in [0.717, 1.165) is 0 Å². The second-order valence-corrected chi connectivity index (χ2v) is 6.13. The van der Waals surface area contributed by atoms with Crippen LogP contribution >= 0.6 is 0 Å². The lowest BCUT2D eigenvalue weighted by molar-refractivity contribution is -0.185. The lowest BCUT2D eigenvalue weighted by Crippen LogP contribution is -2.38. The molecule has 0 bridgehead atoms. The standard InChI is InChI=1S/C14H20F3NO3/c15-14(16,17)11-3-1-10(2-4-11)13(21)18-6-5-9(8-18)7-12(19)20/h9-11H,1-8H2,(H,19,20). The maximum absolute atomic E-state index is 12.6. The van der Waals surface area contributed by atoms with E-state index in [-0.39, 0.29) is 49.8 Å². The highest BCUT2D eigenvalue weighted by molar-refractivity contribution is 5.79. The van der Waals surface area contributed by atoms with Crippen molar-refractivity contribution >= 4 is 11.9 Å². The van der Waals surface area contributed by atoms with Crippen LogP contribution in [-0.4, -0.2) is 41.1 Å². The molecule has 1 aliphatic heterocycles. The van der Waals surface area contributed by atoms with E-state index >= 15 is 0 Å². The van der Waals surface area contributed by atoms with Crippen LogP contribution < -0.4 is 0 Å². The highest BCUT2D eigenvalue weighted by Crippen LogP contribution is 2.40. The molecule has 120 valence electrons. The van der Waals surface area contributed by atoms with Crippen LogP contribution in [0.25, 0.3) is 0 Å². The Labute approximate surface area is 121 Å². The summed E-state index contributed by atoms with van der Waals surface area (Å²) < 4.78 is 37.8. The number of hydrogen-bond acceptors (Lipinski definition) is 2. The zero-order chi connectivity index (χ0) is 15.6. The number of alkyl halides is 3. The molecule has 0 radical (unpaired) electrons. The largest absolute Gasteiger partial charge is 0.481 e. The Bertz CT molecular complexity index is 403. The number of amides is 1. The van der Waals surface area contributed by atoms with Gasteiger partial charge in [-0.3, -0.25) is 9.59 Å². The fourth-order valence-electron chi connectivity index (χ4n) is 3.37. The van der Waals surface area contributed by atoms with Gasteiger partial charge in [0.2, 0.25) is 5.91 Å². The molecule has 0 aromatic carbocycles. The molecule has 21 heavy (non-hydrogen) atoms. The van der Waals surface area contributed by atoms with Crippen LogP contribution in [0.4, 0.5) is 13.2 Å². The number of carbonyl (C=O) groups excluding carboxylic acids is 1. The maximum Gasteiger partial charge on any atom is 0.391 e. The average Bonchev–Trinajstić information content (AvgIpc) is 2.84. The molecule has 1 amide bonds. The van der Waals surface area contributed by atoms with E-state index in [2.05, 4.69) is 0 Å². The second kappa shape index (κ2) is 6.23. The third kappa shape index (κ3) is 4.11. The third-order valence-corrected chi connectivity index (χ3v) is 4.60. The first-order valence-corrected chi connectivity index (χ1v) is 7.34. The Hall–Kier alpha value is -1.27. The molecular formula is C14H20F3NO3. The summed E-state index contributed by atoms with van der Waals surface area (Å²) in [6.07, 6.45) is -2.85. The van der Waals surface area contributed by atoms with E-state index in [9.17, 15) is 22.8 Å². The molecule has 2 aliphatic rings. The summed E-state index contributed by atoms with van der Waals surface area (Å²) in [4.78, 5) is 24.6. The summed E-state index contributed by atoms with van der Waals surface area (Å²) in [6, 6.07) is 0. The molecule has 1 unspecified atom stereocenters. The van der Waals surface area contributed by atoms with Gasteiger partial charge in [0.1, 0.15) is 0 Å². The zero-order valence-corrected chi connectivity index (χ0v) is 11.7. The van der Waals surface area contributed by atoms with Crippen LogP contribution in [0.3, 0.4) is 0 Å². The van der Waals surface area contributed by atoms with Crippen LogP contribution in [0.5, 0.6) is 0 Å². The van der Waals surface area contributed by atoms with E-state index in [1.807, 2.05) is 0 Å². The minimum atomic E-state index is -4.16. The van der Waals surface area contributed by atoms with E-state index < -0.39 is 18.1 Å². The summed E-state index contributed by atoms with van der Waals surface area (Å²) in [5.41, 5.74) is 0. The lowest BCUT2D eigenvalue weighted by Gasteiger charge is -2.31. The molecule has 0 aromatic rings. The van der Waals surface area contributed by atoms with E-state index in [1.165, 1.54) is 0 Å². The first-order chi connectivity index (χ1) is 9.77. The van der Waals surface area contributed by atoms with E-state index in [0.29, 0.717) is 19.5 Å². The van der Waals surface area contributed by atoms with Gasteiger partial charge in [-0.15, -0.1) is 0 Å². The van der Waals surface area contributed by atoms with Gasteiger partial charge in [0, 0.05) is 25.4 Å². The third-order valence-electron chi connectivity index (χ3n) is 4.60. The van der Waals surface area contributed by atoms with Gasteiger partial charge in [-0.1, -0.05) is 0 Å². The molecule has 1 N–H and O–H groups in total. The van der Waals surface area contributed by atoms with Crippen LogP contribution in [0.1, 0.15) is 38.5 Å². The van der Waals surface area contributed by atoms with Gasteiger partial charge in [0.05, 0.1) is 5.92 Å². The van der Waals surface area contributed by atoms with Crippen molar-refractivity contribution < 1.29 is 27.9 Å². The Morgan fingerprint density at radius 3 is 2.24 bits per heavy atom. The summed E-state index contributed by atoms with van der Waals surface area (Å²) in [5.74, 6) is -2.60. The highest BCUT2D eigenvalue weighted by atomic mass is 19.4. The van der Waals surface area contributed by atoms with E-state index in [1.54, 1.807) is 4.90 Å². The van der Waals surface area contributed by atoms with E-state index in [4.69, 9.17) is 5.11 Å². The van der Waals surface area contributed by atoms with Crippen molar-refractivity contribution in [1.29, 1.82) is 0 Å². The Balaban J connectivity index is 1.82. The molecule has 4 nitrogen and oxygen atoms in total. The van der Waals surface area contributed by atoms with Gasteiger partial charge in [0.25, 0.3) is 0 Å². The Morgan fingerprint density at radius 1 is 1.10 bits per heavy atom. The second-order valence-electron chi connectivity index (χ2n) is 6.13. The van der Waals surface area contributed by atoms with Crippen molar-refractivity contribution in [2.24, 2.45) is 17.8 Å². The molecule has 0 spiro atoms. The molecule has 1 heterocycles. The SMILES string of the molecule is O=C(O)CC1CCN(C(=O)C2CCC(C(F)(F)F)CC2)C1. The predicted molar refractivity (Wildman–Crippen MR) is 68.4 cm³/mol. The van der Waals surface area contributed by atoms with Crippen molar-refractivity contribution in [2.75, 3.05) is 13.1 Å². The molecule has 0 aromatic heterocycles. The zero-order valence-electron chi connectivity index (χ0n) is 11.7. The Morgan fingerprint density at radius 2 is 1.71 bits per heavy atom. The summed E-state index contributed by atoms with van der Waals surface area (Å²) >= 11 is 0. The average molecular weight is 307 g/mol. The molecule has 1 saturated heterocycles. The van der Waals surface area contributed by atoms with Crippen molar-refractivity contribution in [3.8, 4) is 0 Å². The van der Waals surface area contributed by atoms with Crippen LogP contribution in [0.2, 0.25) is 0 Å². The highest BCUT2D eigenvalue weighted by Gasteiger charge is 2.43. The number of carbonyl (C=O) groups is 2. The number of rotatable bonds is 3. The van der Waals surface area contributed by atoms with Gasteiger partial charge >= 0.3 is 12.1 Å². The number of carboxylic acid groups (broad SMARTS) is 1. The van der Waals surface area contributed by atoms with Crippen LogP contribution in [0, 0.1) is 17.8 Å². The molecule has 2 fully saturated rings. The van der Waals surface area contributed by atoms with Gasteiger partial charge in [-0.2, -0.15) is 13.2 Å². The number of nitrogens with zero attached hydrogens (tertiary/aromatic N) is 1. The smallest absolute Gasteiger partial charge is 0.391 e. The van der Waals surface area contributed by atoms with Crippen LogP contribution in [0.15, 0.2) is 0 Å². The monoisotopic (exact) mass is 307 g/mol. The number of carboxylic acids is 1. The first kappa shape index (κ1) is 16.1. The van der Waals surface area contributed by atoms with Gasteiger partial charge in [-0.25, -0.2) is 0 Å². The number of halogens is 3. The number of likely N-dealkylation sites (tertiary alicyclic amines) is 1. The van der Waals surface area contributed by atoms with Gasteiger partial charge in [0.15, 0.2) is 0 Å². The van der Waals surface area contributed by atoms with Gasteiger partial charge < -0.3 is 10.0 Å². The Kier molecular flexibility index (Phi) is 4.78. The van der Waals surface area contributed by atoms with Crippen molar-refractivity contribution in [2.45, 2.75) is 44.7 Å². The topological polar surface area (TPSA) is 57.6 Å². The minimum Gasteiger partial charge on any atom is -0.481 e. The molecule has 2 rings (SSSR count). The van der Waals surface area contributed by atoms with Crippen molar-refractivity contribution in [1.82, 2.24) is 4.90 Å². The van der Waals surface area contributed by atoms with Crippen LogP contribution in [-0.2, 0) is 9.59 Å². The van der Waals surface area contributed by atoms with Crippen molar-refractivity contribution in [3.05, 3.63) is 0 Å². The maximum atomic E-state index is 12.6. The van der Waals surface area contributed by atoms with Gasteiger partial charge in [-0.05, 0) is 38.0 Å². The number of hydrogen-bond donors (Lipinski definition) is 1. The van der Waals surface area contributed by atoms with Crippen molar-refractivity contribution in [3.63, 3.8) is 0 Å². The fraction of sp³-hybridized carbons (Fsp3) is 0.857. The predicted octanol–water partition coefficient (Wildman–Crippen LogP) is 2.68. The molecule has 1 aliphatic carbocycles. The minimum absolute atomic E-state index is 0.0201. The molecular weight excluding hydrogens is 287 g/mol. The lowest BCUT2D eigenvalue weighted by atomic mass is 9.81. The molecule has 7 heteroatoms. The summed E-state index contributed by atoms with van der Waals surface area (Å²) in [6.45, 7) is 0.945. The molecule has 1 saturated carbocycles. The fourth-order valence-corrected chi connectivity index (χ4v) is 3.37. The first-order valence-electron chi connectivity index (χ1n) is 7.34. The summed E-state index contributed by atoms with van der Waals surface area (Å²) in [5, 5.41) is 8.74.